The van der Waals surface area contributed by atoms with Crippen molar-refractivity contribution < 1.29 is 13.2 Å². The van der Waals surface area contributed by atoms with Crippen LogP contribution in [-0.4, -0.2) is 9.97 Å². The first kappa shape index (κ1) is 19.5. The number of halogens is 4. The number of aromatic nitrogens is 2. The molecule has 0 saturated heterocycles. The van der Waals surface area contributed by atoms with Crippen LogP contribution in [0.1, 0.15) is 16.7 Å². The van der Waals surface area contributed by atoms with E-state index in [2.05, 4.69) is 9.97 Å². The molecule has 8 heteroatoms. The largest absolute Gasteiger partial charge is 0.421 e. The van der Waals surface area contributed by atoms with Gasteiger partial charge in [-0.25, -0.2) is 9.97 Å². The summed E-state index contributed by atoms with van der Waals surface area (Å²) in [7, 11) is 0. The van der Waals surface area contributed by atoms with Crippen molar-refractivity contribution in [3.8, 4) is 11.3 Å². The molecule has 0 fully saturated rings. The second-order valence-electron chi connectivity index (χ2n) is 5.84. The van der Waals surface area contributed by atoms with Gasteiger partial charge < -0.3 is 5.73 Å². The van der Waals surface area contributed by atoms with E-state index in [-0.39, 0.29) is 11.6 Å². The van der Waals surface area contributed by atoms with Crippen molar-refractivity contribution in [3.63, 3.8) is 0 Å². The molecule has 3 rings (SSSR count). The van der Waals surface area contributed by atoms with Crippen molar-refractivity contribution in [1.82, 2.24) is 9.97 Å². The molecule has 3 aromatic rings. The Balaban J connectivity index is 1.95. The van der Waals surface area contributed by atoms with Crippen LogP contribution in [0.5, 0.6) is 0 Å². The number of thioether (sulfide) groups is 1. The van der Waals surface area contributed by atoms with Crippen molar-refractivity contribution in [1.29, 1.82) is 0 Å². The Morgan fingerprint density at radius 2 is 1.78 bits per heavy atom. The number of nitrogens with two attached hydrogens (primary N) is 1. The zero-order valence-corrected chi connectivity index (χ0v) is 15.8. The molecule has 27 heavy (non-hydrogen) atoms. The zero-order chi connectivity index (χ0) is 19.6. The Morgan fingerprint density at radius 3 is 2.41 bits per heavy atom. The van der Waals surface area contributed by atoms with E-state index in [9.17, 15) is 13.2 Å². The van der Waals surface area contributed by atoms with Gasteiger partial charge in [0.1, 0.15) is 10.7 Å². The minimum absolute atomic E-state index is 0.301. The average Bonchev–Trinajstić information content (AvgIpc) is 2.59. The molecule has 140 valence electrons. The fraction of sp³-hybridized carbons (Fsp3) is 0.158. The molecule has 1 heterocycles. The predicted octanol–water partition coefficient (Wildman–Crippen LogP) is 6.00. The Hall–Kier alpha value is -2.25. The Labute approximate surface area is 163 Å². The molecule has 0 spiro atoms. The van der Waals surface area contributed by atoms with Crippen molar-refractivity contribution in [2.24, 2.45) is 0 Å². The van der Waals surface area contributed by atoms with E-state index in [1.165, 1.54) is 5.56 Å². The van der Waals surface area contributed by atoms with Crippen LogP contribution in [0.2, 0.25) is 5.15 Å². The molecule has 0 bridgehead atoms. The molecule has 2 N–H and O–H groups in total. The van der Waals surface area contributed by atoms with Gasteiger partial charge in [-0.2, -0.15) is 13.2 Å². The smallest absolute Gasteiger partial charge is 0.368 e. The minimum Gasteiger partial charge on any atom is -0.368 e. The zero-order valence-electron chi connectivity index (χ0n) is 14.2. The van der Waals surface area contributed by atoms with Crippen LogP contribution in [0, 0.1) is 6.92 Å². The summed E-state index contributed by atoms with van der Waals surface area (Å²) >= 11 is 7.32. The highest BCUT2D eigenvalue weighted by molar-refractivity contribution is 7.98. The van der Waals surface area contributed by atoms with Gasteiger partial charge in [0.15, 0.2) is 0 Å². The molecule has 0 unspecified atom stereocenters. The quantitative estimate of drug-likeness (QED) is 0.424. The van der Waals surface area contributed by atoms with E-state index < -0.39 is 16.9 Å². The highest BCUT2D eigenvalue weighted by atomic mass is 35.5. The number of alkyl halides is 3. The third-order valence-electron chi connectivity index (χ3n) is 3.87. The topological polar surface area (TPSA) is 51.8 Å². The lowest BCUT2D eigenvalue weighted by molar-refractivity contribution is -0.137. The highest BCUT2D eigenvalue weighted by Crippen LogP contribution is 2.41. The molecule has 2 aromatic carbocycles. The van der Waals surface area contributed by atoms with Crippen LogP contribution >= 0.6 is 23.4 Å². The molecule has 0 radical (unpaired) electrons. The van der Waals surface area contributed by atoms with Gasteiger partial charge in [0, 0.05) is 16.2 Å². The second-order valence-corrected chi connectivity index (χ2v) is 7.25. The Kier molecular flexibility index (Phi) is 5.62. The van der Waals surface area contributed by atoms with E-state index in [4.69, 9.17) is 17.3 Å². The van der Waals surface area contributed by atoms with Crippen LogP contribution in [-0.2, 0) is 11.9 Å². The van der Waals surface area contributed by atoms with Crippen LogP contribution < -0.4 is 5.73 Å². The third-order valence-corrected chi connectivity index (χ3v) is 5.21. The molecule has 0 saturated carbocycles. The summed E-state index contributed by atoms with van der Waals surface area (Å²) in [6, 6.07) is 15.1. The lowest BCUT2D eigenvalue weighted by Crippen LogP contribution is -2.13. The van der Waals surface area contributed by atoms with Crippen molar-refractivity contribution in [2.45, 2.75) is 23.7 Å². The molecule has 0 aliphatic heterocycles. The van der Waals surface area contributed by atoms with Gasteiger partial charge in [-0.1, -0.05) is 48.0 Å². The van der Waals surface area contributed by atoms with E-state index in [0.717, 1.165) is 10.6 Å². The van der Waals surface area contributed by atoms with Crippen LogP contribution in [0.15, 0.2) is 53.4 Å². The van der Waals surface area contributed by atoms with E-state index >= 15 is 0 Å². The first-order chi connectivity index (χ1) is 12.8. The highest BCUT2D eigenvalue weighted by Gasteiger charge is 2.38. The van der Waals surface area contributed by atoms with Crippen LogP contribution in [0.4, 0.5) is 19.1 Å². The fourth-order valence-electron chi connectivity index (χ4n) is 2.63. The van der Waals surface area contributed by atoms with E-state index in [1.54, 1.807) is 30.8 Å². The summed E-state index contributed by atoms with van der Waals surface area (Å²) in [5, 5.41) is -0.702. The Bertz CT molecular complexity index is 962. The van der Waals surface area contributed by atoms with Gasteiger partial charge in [-0.05, 0) is 30.2 Å². The normalized spacial score (nSPS) is 11.6. The first-order valence-corrected chi connectivity index (χ1v) is 9.30. The number of rotatable bonds is 4. The lowest BCUT2D eigenvalue weighted by atomic mass is 10.0. The van der Waals surface area contributed by atoms with Crippen molar-refractivity contribution in [2.75, 3.05) is 5.73 Å². The maximum atomic E-state index is 13.4. The number of nitrogens with zero attached hydrogens (tertiary/aromatic N) is 2. The van der Waals surface area contributed by atoms with Crippen LogP contribution in [0.3, 0.4) is 0 Å². The van der Waals surface area contributed by atoms with Gasteiger partial charge in [0.25, 0.3) is 0 Å². The van der Waals surface area contributed by atoms with Crippen molar-refractivity contribution >= 4 is 29.3 Å². The molecule has 0 atom stereocenters. The summed E-state index contributed by atoms with van der Waals surface area (Å²) in [6.07, 6.45) is -4.69. The van der Waals surface area contributed by atoms with Gasteiger partial charge in [0.05, 0.1) is 5.69 Å². The molecular weight excluding hydrogens is 395 g/mol. The first-order valence-electron chi connectivity index (χ1n) is 7.93. The number of benzene rings is 2. The van der Waals surface area contributed by atoms with E-state index in [0.29, 0.717) is 11.1 Å². The molecule has 3 nitrogen and oxygen atoms in total. The molecule has 0 aliphatic rings. The Morgan fingerprint density at radius 1 is 1.07 bits per heavy atom. The predicted molar refractivity (Wildman–Crippen MR) is 103 cm³/mol. The number of hydrogen-bond acceptors (Lipinski definition) is 4. The second kappa shape index (κ2) is 7.78. The maximum absolute atomic E-state index is 13.4. The summed E-state index contributed by atoms with van der Waals surface area (Å²) in [5.74, 6) is 0.463. The summed E-state index contributed by atoms with van der Waals surface area (Å²) in [4.78, 5) is 8.20. The molecule has 0 amide bonds. The SMILES string of the molecule is Cc1cc(SCc2ccccc2)ccc1-c1nc(N)nc(Cl)c1C(F)(F)F. The van der Waals surface area contributed by atoms with Gasteiger partial charge in [-0.15, -0.1) is 11.8 Å². The summed E-state index contributed by atoms with van der Waals surface area (Å²) in [5.41, 5.74) is 6.27. The number of hydrogen-bond donors (Lipinski definition) is 1. The monoisotopic (exact) mass is 409 g/mol. The minimum atomic E-state index is -4.69. The van der Waals surface area contributed by atoms with Crippen LogP contribution in [0.25, 0.3) is 11.3 Å². The fourth-order valence-corrected chi connectivity index (χ4v) is 3.86. The number of anilines is 1. The van der Waals surface area contributed by atoms with Gasteiger partial charge >= 0.3 is 6.18 Å². The standard InChI is InChI=1S/C19H15ClF3N3S/c1-11-9-13(27-10-12-5-3-2-4-6-12)7-8-14(11)16-15(19(21,22)23)17(20)26-18(24)25-16/h2-9H,10H2,1H3,(H2,24,25,26). The number of nitrogen functional groups attached to an aromatic ring is 1. The molecular formula is C19H15ClF3N3S. The average molecular weight is 410 g/mol. The van der Waals surface area contributed by atoms with Gasteiger partial charge in [0.2, 0.25) is 5.95 Å². The molecule has 1 aromatic heterocycles. The summed E-state index contributed by atoms with van der Waals surface area (Å²) in [6.45, 7) is 1.73. The molecule has 0 aliphatic carbocycles. The lowest BCUT2D eigenvalue weighted by Gasteiger charge is -2.16. The van der Waals surface area contributed by atoms with Gasteiger partial charge in [-0.3, -0.25) is 0 Å². The van der Waals surface area contributed by atoms with E-state index in [1.807, 2.05) is 36.4 Å². The maximum Gasteiger partial charge on any atom is 0.421 e. The third kappa shape index (κ3) is 4.54. The number of aryl methyl sites for hydroxylation is 1. The van der Waals surface area contributed by atoms with Crippen molar-refractivity contribution in [3.05, 3.63) is 70.4 Å². The summed E-state index contributed by atoms with van der Waals surface area (Å²) < 4.78 is 40.3.